The summed E-state index contributed by atoms with van der Waals surface area (Å²) in [4.78, 5) is 14.2. The van der Waals surface area contributed by atoms with Crippen molar-refractivity contribution < 1.29 is 9.90 Å². The van der Waals surface area contributed by atoms with Crippen LogP contribution in [-0.2, 0) is 0 Å². The first-order valence-corrected chi connectivity index (χ1v) is 7.23. The van der Waals surface area contributed by atoms with Crippen LogP contribution in [0.1, 0.15) is 36.2 Å². The Bertz CT molecular complexity index is 515. The summed E-state index contributed by atoms with van der Waals surface area (Å²) in [6.45, 7) is 5.73. The van der Waals surface area contributed by atoms with Crippen LogP contribution in [0.3, 0.4) is 0 Å². The van der Waals surface area contributed by atoms with Gasteiger partial charge in [0.25, 0.3) is 5.91 Å². The van der Waals surface area contributed by atoms with E-state index in [0.29, 0.717) is 24.6 Å². The van der Waals surface area contributed by atoms with Crippen molar-refractivity contribution in [2.24, 2.45) is 0 Å². The molecule has 0 aliphatic rings. The van der Waals surface area contributed by atoms with E-state index in [1.165, 1.54) is 0 Å². The van der Waals surface area contributed by atoms with Crippen LogP contribution >= 0.6 is 0 Å². The summed E-state index contributed by atoms with van der Waals surface area (Å²) in [6, 6.07) is 7.68. The Hall–Kier alpha value is -1.83. The molecule has 0 spiro atoms. The standard InChI is InChI=1S/C17H24N2O2/c1-14(2)19(3)11-10-18-17(21)16-9-6-8-15(13-16)7-4-5-12-20/h6,8-9,13-14,20H,5,10-12H2,1-3H3,(H,18,21). The maximum absolute atomic E-state index is 12.1. The second kappa shape index (κ2) is 9.17. The lowest BCUT2D eigenvalue weighted by Crippen LogP contribution is -2.36. The average molecular weight is 288 g/mol. The number of nitrogens with zero attached hydrogens (tertiary/aromatic N) is 1. The number of carbonyl (C=O) groups excluding carboxylic acids is 1. The molecule has 21 heavy (non-hydrogen) atoms. The minimum Gasteiger partial charge on any atom is -0.395 e. The second-order valence-corrected chi connectivity index (χ2v) is 5.19. The van der Waals surface area contributed by atoms with Crippen LogP contribution in [0.4, 0.5) is 0 Å². The van der Waals surface area contributed by atoms with E-state index in [4.69, 9.17) is 5.11 Å². The molecule has 0 saturated carbocycles. The van der Waals surface area contributed by atoms with E-state index in [2.05, 4.69) is 35.9 Å². The molecule has 2 N–H and O–H groups in total. The third-order valence-electron chi connectivity index (χ3n) is 3.23. The zero-order chi connectivity index (χ0) is 15.7. The van der Waals surface area contributed by atoms with Crippen LogP contribution in [0, 0.1) is 11.8 Å². The summed E-state index contributed by atoms with van der Waals surface area (Å²) < 4.78 is 0. The van der Waals surface area contributed by atoms with Crippen molar-refractivity contribution in [3.63, 3.8) is 0 Å². The highest BCUT2D eigenvalue weighted by atomic mass is 16.2. The molecule has 1 rings (SSSR count). The third-order valence-corrected chi connectivity index (χ3v) is 3.23. The monoisotopic (exact) mass is 288 g/mol. The largest absolute Gasteiger partial charge is 0.395 e. The van der Waals surface area contributed by atoms with Gasteiger partial charge in [-0.25, -0.2) is 0 Å². The molecule has 1 aromatic rings. The van der Waals surface area contributed by atoms with E-state index in [0.717, 1.165) is 12.1 Å². The number of nitrogens with one attached hydrogen (secondary N) is 1. The molecule has 0 radical (unpaired) electrons. The molecule has 1 aromatic carbocycles. The topological polar surface area (TPSA) is 52.6 Å². The molecule has 0 atom stereocenters. The lowest BCUT2D eigenvalue weighted by atomic mass is 10.1. The van der Waals surface area contributed by atoms with Gasteiger partial charge in [0, 0.05) is 36.7 Å². The lowest BCUT2D eigenvalue weighted by molar-refractivity contribution is 0.0948. The van der Waals surface area contributed by atoms with Gasteiger partial charge in [-0.05, 0) is 39.1 Å². The first kappa shape index (κ1) is 17.2. The third kappa shape index (κ3) is 6.44. The molecule has 0 aliphatic carbocycles. The predicted octanol–water partition coefficient (Wildman–Crippen LogP) is 1.49. The number of hydrogen-bond donors (Lipinski definition) is 2. The highest BCUT2D eigenvalue weighted by Crippen LogP contribution is 2.04. The van der Waals surface area contributed by atoms with Crippen LogP contribution in [0.25, 0.3) is 0 Å². The van der Waals surface area contributed by atoms with Crippen molar-refractivity contribution >= 4 is 5.91 Å². The zero-order valence-electron chi connectivity index (χ0n) is 13.0. The SMILES string of the molecule is CC(C)N(C)CCNC(=O)c1cccc(C#CCCO)c1. The molecule has 4 nitrogen and oxygen atoms in total. The second-order valence-electron chi connectivity index (χ2n) is 5.19. The molecule has 0 bridgehead atoms. The Morgan fingerprint density at radius 3 is 2.86 bits per heavy atom. The van der Waals surface area contributed by atoms with Crippen molar-refractivity contribution in [3.05, 3.63) is 35.4 Å². The Morgan fingerprint density at radius 2 is 2.19 bits per heavy atom. The molecule has 0 aromatic heterocycles. The van der Waals surface area contributed by atoms with Gasteiger partial charge in [0.15, 0.2) is 0 Å². The van der Waals surface area contributed by atoms with E-state index in [1.54, 1.807) is 12.1 Å². The number of rotatable bonds is 6. The Morgan fingerprint density at radius 1 is 1.43 bits per heavy atom. The van der Waals surface area contributed by atoms with Gasteiger partial charge in [0.2, 0.25) is 0 Å². The van der Waals surface area contributed by atoms with E-state index < -0.39 is 0 Å². The highest BCUT2D eigenvalue weighted by Gasteiger charge is 2.07. The summed E-state index contributed by atoms with van der Waals surface area (Å²) in [5, 5.41) is 11.6. The Balaban J connectivity index is 2.55. The van der Waals surface area contributed by atoms with Gasteiger partial charge in [-0.15, -0.1) is 0 Å². The van der Waals surface area contributed by atoms with Crippen LogP contribution in [0.2, 0.25) is 0 Å². The molecular formula is C17H24N2O2. The van der Waals surface area contributed by atoms with Gasteiger partial charge in [0.1, 0.15) is 0 Å². The van der Waals surface area contributed by atoms with E-state index in [1.807, 2.05) is 19.2 Å². The van der Waals surface area contributed by atoms with Gasteiger partial charge in [-0.3, -0.25) is 4.79 Å². The smallest absolute Gasteiger partial charge is 0.251 e. The lowest BCUT2D eigenvalue weighted by Gasteiger charge is -2.20. The molecule has 114 valence electrons. The number of amides is 1. The summed E-state index contributed by atoms with van der Waals surface area (Å²) in [7, 11) is 2.04. The predicted molar refractivity (Wildman–Crippen MR) is 85.1 cm³/mol. The average Bonchev–Trinajstić information content (AvgIpc) is 2.47. The summed E-state index contributed by atoms with van der Waals surface area (Å²) in [6.07, 6.45) is 0.442. The molecular weight excluding hydrogens is 264 g/mol. The van der Waals surface area contributed by atoms with E-state index in [9.17, 15) is 4.79 Å². The molecule has 0 heterocycles. The molecule has 0 fully saturated rings. The van der Waals surface area contributed by atoms with Gasteiger partial charge in [-0.2, -0.15) is 0 Å². The fourth-order valence-corrected chi connectivity index (χ4v) is 1.66. The van der Waals surface area contributed by atoms with Gasteiger partial charge >= 0.3 is 0 Å². The molecule has 0 saturated heterocycles. The summed E-state index contributed by atoms with van der Waals surface area (Å²) in [5.74, 6) is 5.70. The normalized spacial score (nSPS) is 10.4. The van der Waals surface area contributed by atoms with Crippen LogP contribution < -0.4 is 5.32 Å². The number of carbonyl (C=O) groups is 1. The highest BCUT2D eigenvalue weighted by molar-refractivity contribution is 5.94. The fraction of sp³-hybridized carbons (Fsp3) is 0.471. The van der Waals surface area contributed by atoms with E-state index >= 15 is 0 Å². The van der Waals surface area contributed by atoms with Crippen molar-refractivity contribution in [2.45, 2.75) is 26.3 Å². The minimum absolute atomic E-state index is 0.0521. The zero-order valence-corrected chi connectivity index (χ0v) is 13.0. The number of benzene rings is 1. The minimum atomic E-state index is -0.0852. The summed E-state index contributed by atoms with van der Waals surface area (Å²) >= 11 is 0. The van der Waals surface area contributed by atoms with E-state index in [-0.39, 0.29) is 12.5 Å². The fourth-order valence-electron chi connectivity index (χ4n) is 1.66. The summed E-state index contributed by atoms with van der Waals surface area (Å²) in [5.41, 5.74) is 1.40. The first-order valence-electron chi connectivity index (χ1n) is 7.23. The van der Waals surface area contributed by atoms with Crippen LogP contribution in [0.15, 0.2) is 24.3 Å². The van der Waals surface area contributed by atoms with Crippen molar-refractivity contribution in [1.82, 2.24) is 10.2 Å². The number of likely N-dealkylation sites (N-methyl/N-ethyl adjacent to an activating group) is 1. The number of aliphatic hydroxyl groups excluding tert-OH is 1. The number of aliphatic hydroxyl groups is 1. The maximum Gasteiger partial charge on any atom is 0.251 e. The number of hydrogen-bond acceptors (Lipinski definition) is 3. The van der Waals surface area contributed by atoms with Crippen LogP contribution in [-0.4, -0.2) is 48.7 Å². The van der Waals surface area contributed by atoms with Gasteiger partial charge < -0.3 is 15.3 Å². The van der Waals surface area contributed by atoms with Crippen molar-refractivity contribution in [2.75, 3.05) is 26.7 Å². The first-order chi connectivity index (χ1) is 10.0. The molecule has 0 unspecified atom stereocenters. The van der Waals surface area contributed by atoms with Crippen molar-refractivity contribution in [1.29, 1.82) is 0 Å². The Labute approximate surface area is 127 Å². The molecule has 0 aliphatic heterocycles. The van der Waals surface area contributed by atoms with Crippen molar-refractivity contribution in [3.8, 4) is 11.8 Å². The van der Waals surface area contributed by atoms with Gasteiger partial charge in [0.05, 0.1) is 6.61 Å². The molecule has 1 amide bonds. The quantitative estimate of drug-likeness (QED) is 0.780. The Kier molecular flexibility index (Phi) is 7.52. The van der Waals surface area contributed by atoms with Crippen LogP contribution in [0.5, 0.6) is 0 Å². The maximum atomic E-state index is 12.1. The molecule has 4 heteroatoms. The van der Waals surface area contributed by atoms with Gasteiger partial charge in [-0.1, -0.05) is 17.9 Å².